The van der Waals surface area contributed by atoms with Crippen molar-refractivity contribution < 1.29 is 9.59 Å². The van der Waals surface area contributed by atoms with Gasteiger partial charge < -0.3 is 0 Å². The predicted octanol–water partition coefficient (Wildman–Crippen LogP) is 1.55. The molecule has 5 heteroatoms. The van der Waals surface area contributed by atoms with Gasteiger partial charge in [0.1, 0.15) is 0 Å². The van der Waals surface area contributed by atoms with Gasteiger partial charge in [-0.2, -0.15) is 0 Å². The molecule has 15 heavy (non-hydrogen) atoms. The van der Waals surface area contributed by atoms with Crippen LogP contribution in [0.25, 0.3) is 0 Å². The Kier molecular flexibility index (Phi) is 3.68. The third-order valence-electron chi connectivity index (χ3n) is 2.12. The quantitative estimate of drug-likeness (QED) is 0.790. The van der Waals surface area contributed by atoms with Crippen molar-refractivity contribution in [3.63, 3.8) is 0 Å². The standard InChI is InChI=1S/C10H10N2O2.ClH/c13-9-6-7-12(10(14)11-9)8-4-2-1-3-5-8;/h1-5H,6-7H2,(H,11,13,14);1H. The smallest absolute Gasteiger partial charge is 0.294 e. The highest BCUT2D eigenvalue weighted by Gasteiger charge is 2.23. The number of hydrogen-bond acceptors (Lipinski definition) is 2. The van der Waals surface area contributed by atoms with Crippen LogP contribution in [0.5, 0.6) is 0 Å². The van der Waals surface area contributed by atoms with Crippen LogP contribution in [0.3, 0.4) is 0 Å². The summed E-state index contributed by atoms with van der Waals surface area (Å²) in [5.74, 6) is -0.206. The molecule has 1 aliphatic heterocycles. The summed E-state index contributed by atoms with van der Waals surface area (Å²) < 4.78 is 0. The number of halogens is 1. The lowest BCUT2D eigenvalue weighted by molar-refractivity contribution is -0.120. The number of carbonyl (C=O) groups is 2. The van der Waals surface area contributed by atoms with Gasteiger partial charge in [0.2, 0.25) is 5.91 Å². The number of para-hydroxylation sites is 1. The maximum absolute atomic E-state index is 11.4. The third-order valence-corrected chi connectivity index (χ3v) is 2.12. The van der Waals surface area contributed by atoms with E-state index in [-0.39, 0.29) is 24.3 Å². The van der Waals surface area contributed by atoms with Crippen molar-refractivity contribution >= 4 is 30.0 Å². The van der Waals surface area contributed by atoms with Crippen molar-refractivity contribution in [3.8, 4) is 0 Å². The lowest BCUT2D eigenvalue weighted by Gasteiger charge is -2.26. The van der Waals surface area contributed by atoms with Gasteiger partial charge in [0, 0.05) is 18.7 Å². The fourth-order valence-electron chi connectivity index (χ4n) is 1.42. The van der Waals surface area contributed by atoms with Gasteiger partial charge >= 0.3 is 6.03 Å². The van der Waals surface area contributed by atoms with Crippen LogP contribution in [0.4, 0.5) is 10.5 Å². The molecule has 0 atom stereocenters. The van der Waals surface area contributed by atoms with Gasteiger partial charge in [-0.05, 0) is 12.1 Å². The topological polar surface area (TPSA) is 49.4 Å². The first-order chi connectivity index (χ1) is 6.77. The van der Waals surface area contributed by atoms with E-state index in [1.54, 1.807) is 4.90 Å². The molecular formula is C10H11ClN2O2. The van der Waals surface area contributed by atoms with E-state index in [0.29, 0.717) is 13.0 Å². The number of imide groups is 1. The number of rotatable bonds is 1. The molecule has 0 radical (unpaired) electrons. The molecule has 1 aliphatic rings. The molecule has 1 saturated heterocycles. The highest BCUT2D eigenvalue weighted by molar-refractivity contribution is 6.05. The number of benzene rings is 1. The minimum atomic E-state index is -0.340. The summed E-state index contributed by atoms with van der Waals surface area (Å²) in [7, 11) is 0. The zero-order chi connectivity index (χ0) is 9.97. The Morgan fingerprint density at radius 1 is 1.13 bits per heavy atom. The lowest BCUT2D eigenvalue weighted by Crippen LogP contribution is -2.49. The van der Waals surface area contributed by atoms with Crippen LogP contribution >= 0.6 is 12.4 Å². The Bertz CT molecular complexity index is 367. The van der Waals surface area contributed by atoms with Gasteiger partial charge in [0.25, 0.3) is 0 Å². The highest BCUT2D eigenvalue weighted by atomic mass is 35.5. The molecule has 1 N–H and O–H groups in total. The summed E-state index contributed by atoms with van der Waals surface area (Å²) in [5.41, 5.74) is 0.817. The van der Waals surface area contributed by atoms with Crippen molar-refractivity contribution in [2.45, 2.75) is 6.42 Å². The molecule has 0 bridgehead atoms. The van der Waals surface area contributed by atoms with Crippen molar-refractivity contribution in [3.05, 3.63) is 30.3 Å². The summed E-state index contributed by atoms with van der Waals surface area (Å²) in [6.45, 7) is 0.453. The third kappa shape index (κ3) is 2.47. The summed E-state index contributed by atoms with van der Waals surface area (Å²) >= 11 is 0. The molecule has 1 heterocycles. The lowest BCUT2D eigenvalue weighted by atomic mass is 10.2. The highest BCUT2D eigenvalue weighted by Crippen LogP contribution is 2.15. The number of anilines is 1. The Morgan fingerprint density at radius 3 is 2.40 bits per heavy atom. The molecule has 0 saturated carbocycles. The van der Waals surface area contributed by atoms with E-state index >= 15 is 0 Å². The average molecular weight is 227 g/mol. The number of carbonyl (C=O) groups excluding carboxylic acids is 2. The van der Waals surface area contributed by atoms with E-state index in [9.17, 15) is 9.59 Å². The fourth-order valence-corrected chi connectivity index (χ4v) is 1.42. The van der Waals surface area contributed by atoms with Crippen molar-refractivity contribution in [1.82, 2.24) is 5.32 Å². The van der Waals surface area contributed by atoms with Crippen LogP contribution < -0.4 is 10.2 Å². The second-order valence-electron chi connectivity index (χ2n) is 3.09. The number of hydrogen-bond donors (Lipinski definition) is 1. The summed E-state index contributed by atoms with van der Waals surface area (Å²) in [4.78, 5) is 23.8. The van der Waals surface area contributed by atoms with Crippen molar-refractivity contribution in [1.29, 1.82) is 0 Å². The van der Waals surface area contributed by atoms with Gasteiger partial charge in [-0.25, -0.2) is 4.79 Å². The minimum absolute atomic E-state index is 0. The van der Waals surface area contributed by atoms with Crippen LogP contribution in [0.1, 0.15) is 6.42 Å². The van der Waals surface area contributed by atoms with Gasteiger partial charge in [0.05, 0.1) is 0 Å². The molecule has 2 rings (SSSR count). The van der Waals surface area contributed by atoms with Gasteiger partial charge in [-0.1, -0.05) is 18.2 Å². The maximum atomic E-state index is 11.4. The van der Waals surface area contributed by atoms with Crippen molar-refractivity contribution in [2.75, 3.05) is 11.4 Å². The second-order valence-corrected chi connectivity index (χ2v) is 3.09. The number of urea groups is 1. The van der Waals surface area contributed by atoms with Crippen LogP contribution in [-0.4, -0.2) is 18.5 Å². The fraction of sp³-hybridized carbons (Fsp3) is 0.200. The van der Waals surface area contributed by atoms with Crippen LogP contribution in [0, 0.1) is 0 Å². The molecule has 1 fully saturated rings. The van der Waals surface area contributed by atoms with Gasteiger partial charge in [-0.15, -0.1) is 12.4 Å². The second kappa shape index (κ2) is 4.79. The Hall–Kier alpha value is -1.55. The van der Waals surface area contributed by atoms with E-state index in [1.165, 1.54) is 0 Å². The number of nitrogens with one attached hydrogen (secondary N) is 1. The van der Waals surface area contributed by atoms with Crippen molar-refractivity contribution in [2.24, 2.45) is 0 Å². The van der Waals surface area contributed by atoms with E-state index < -0.39 is 0 Å². The average Bonchev–Trinajstić information content (AvgIpc) is 2.19. The molecule has 0 unspecified atom stereocenters. The molecule has 80 valence electrons. The predicted molar refractivity (Wildman–Crippen MR) is 59.2 cm³/mol. The first kappa shape index (κ1) is 11.5. The monoisotopic (exact) mass is 226 g/mol. The van der Waals surface area contributed by atoms with Crippen LogP contribution in [0.2, 0.25) is 0 Å². The summed E-state index contributed by atoms with van der Waals surface area (Å²) in [6, 6.07) is 8.95. The molecule has 3 amide bonds. The number of amides is 3. The van der Waals surface area contributed by atoms with E-state index in [1.807, 2.05) is 30.3 Å². The molecule has 0 aliphatic carbocycles. The number of nitrogens with zero attached hydrogens (tertiary/aromatic N) is 1. The SMILES string of the molecule is Cl.O=C1CCN(c2ccccc2)C(=O)N1. The normalized spacial score (nSPS) is 15.6. The Balaban J connectivity index is 0.00000112. The molecule has 4 nitrogen and oxygen atoms in total. The Labute approximate surface area is 93.7 Å². The molecule has 1 aromatic rings. The van der Waals surface area contributed by atoms with Gasteiger partial charge in [0.15, 0.2) is 0 Å². The van der Waals surface area contributed by atoms with E-state index in [0.717, 1.165) is 5.69 Å². The molecule has 1 aromatic carbocycles. The molecule has 0 spiro atoms. The zero-order valence-corrected chi connectivity index (χ0v) is 8.79. The first-order valence-corrected chi connectivity index (χ1v) is 4.44. The van der Waals surface area contributed by atoms with Crippen LogP contribution in [0.15, 0.2) is 30.3 Å². The Morgan fingerprint density at radius 2 is 1.80 bits per heavy atom. The van der Waals surface area contributed by atoms with Gasteiger partial charge in [-0.3, -0.25) is 15.0 Å². The largest absolute Gasteiger partial charge is 0.328 e. The van der Waals surface area contributed by atoms with Crippen LogP contribution in [-0.2, 0) is 4.79 Å². The van der Waals surface area contributed by atoms with E-state index in [2.05, 4.69) is 5.32 Å². The minimum Gasteiger partial charge on any atom is -0.294 e. The summed E-state index contributed by atoms with van der Waals surface area (Å²) in [6.07, 6.45) is 0.362. The molecule has 0 aromatic heterocycles. The maximum Gasteiger partial charge on any atom is 0.328 e. The zero-order valence-electron chi connectivity index (χ0n) is 7.97. The first-order valence-electron chi connectivity index (χ1n) is 4.44. The summed E-state index contributed by atoms with van der Waals surface area (Å²) in [5, 5.41) is 2.28. The molecular weight excluding hydrogens is 216 g/mol. The van der Waals surface area contributed by atoms with E-state index in [4.69, 9.17) is 0 Å².